The molecule has 0 aromatic carbocycles. The summed E-state index contributed by atoms with van der Waals surface area (Å²) in [7, 11) is 0.707. The third-order valence-electron chi connectivity index (χ3n) is 1.76. The molecule has 0 aromatic rings. The molecule has 100 valence electrons. The van der Waals surface area contributed by atoms with Crippen LogP contribution >= 0.6 is 7.82 Å². The zero-order valence-electron chi connectivity index (χ0n) is 10.3. The van der Waals surface area contributed by atoms with Crippen molar-refractivity contribution in [2.45, 2.75) is 13.0 Å². The van der Waals surface area contributed by atoms with Crippen LogP contribution in [0.3, 0.4) is 0 Å². The number of nitrogens with zero attached hydrogens (tertiary/aromatic N) is 1. The molecule has 0 aliphatic carbocycles. The maximum atomic E-state index is 10.8. The van der Waals surface area contributed by atoms with Gasteiger partial charge in [0.1, 0.15) is 12.6 Å². The highest BCUT2D eigenvalue weighted by atomic mass is 31.2. The number of aliphatic carboxylic acids is 1. The predicted molar refractivity (Wildman–Crippen MR) is 58.6 cm³/mol. The quantitative estimate of drug-likeness (QED) is 0.358. The summed E-state index contributed by atoms with van der Waals surface area (Å²) in [6.45, 7) is 1.50. The SMILES string of the molecule is CC(=CC(C[N+](C)(C)C)OP(=O)(O)O)C(=O)[O-]. The molecule has 0 amide bonds. The lowest BCUT2D eigenvalue weighted by molar-refractivity contribution is -0.872. The van der Waals surface area contributed by atoms with Gasteiger partial charge in [0.2, 0.25) is 0 Å². The molecule has 0 saturated carbocycles. The summed E-state index contributed by atoms with van der Waals surface area (Å²) in [6.07, 6.45) is 0.145. The summed E-state index contributed by atoms with van der Waals surface area (Å²) in [4.78, 5) is 28.0. The Bertz CT molecular complexity index is 353. The van der Waals surface area contributed by atoms with Gasteiger partial charge in [-0.05, 0) is 18.6 Å². The van der Waals surface area contributed by atoms with Crippen LogP contribution in [0.15, 0.2) is 11.6 Å². The normalized spacial score (nSPS) is 15.8. The number of hydrogen-bond acceptors (Lipinski definition) is 4. The molecule has 0 aliphatic heterocycles. The molecule has 1 unspecified atom stereocenters. The Labute approximate surface area is 100 Å². The molecule has 0 radical (unpaired) electrons. The van der Waals surface area contributed by atoms with Gasteiger partial charge in [-0.1, -0.05) is 0 Å². The third-order valence-corrected chi connectivity index (χ3v) is 2.30. The Morgan fingerprint density at radius 3 is 2.24 bits per heavy atom. The molecule has 2 N–H and O–H groups in total. The first kappa shape index (κ1) is 16.3. The number of rotatable bonds is 6. The summed E-state index contributed by atoms with van der Waals surface area (Å²) >= 11 is 0. The summed E-state index contributed by atoms with van der Waals surface area (Å²) < 4.78 is 15.6. The van der Waals surface area contributed by atoms with Gasteiger partial charge in [0, 0.05) is 0 Å². The molecule has 8 heteroatoms. The zero-order valence-corrected chi connectivity index (χ0v) is 11.2. The van der Waals surface area contributed by atoms with E-state index in [0.717, 1.165) is 6.08 Å². The van der Waals surface area contributed by atoms with Gasteiger partial charge in [0.25, 0.3) is 0 Å². The molecule has 17 heavy (non-hydrogen) atoms. The van der Waals surface area contributed by atoms with Crippen LogP contribution in [0.5, 0.6) is 0 Å². The maximum absolute atomic E-state index is 10.8. The first-order chi connectivity index (χ1) is 7.41. The first-order valence-electron chi connectivity index (χ1n) is 4.85. The van der Waals surface area contributed by atoms with E-state index in [4.69, 9.17) is 9.79 Å². The van der Waals surface area contributed by atoms with Crippen LogP contribution in [-0.2, 0) is 13.9 Å². The average molecular weight is 267 g/mol. The van der Waals surface area contributed by atoms with Crippen LogP contribution < -0.4 is 5.11 Å². The summed E-state index contributed by atoms with van der Waals surface area (Å²) in [5.41, 5.74) is -0.128. The van der Waals surface area contributed by atoms with Gasteiger partial charge in [0.15, 0.2) is 0 Å². The van der Waals surface area contributed by atoms with E-state index in [2.05, 4.69) is 4.52 Å². The fraction of sp³-hybridized carbons (Fsp3) is 0.667. The number of likely N-dealkylation sites (N-methyl/N-ethyl adjacent to an activating group) is 1. The Kier molecular flexibility index (Phi) is 5.51. The number of hydrogen-bond donors (Lipinski definition) is 2. The monoisotopic (exact) mass is 267 g/mol. The van der Waals surface area contributed by atoms with E-state index in [-0.39, 0.29) is 12.1 Å². The molecule has 0 heterocycles. The van der Waals surface area contributed by atoms with Crippen LogP contribution in [0.1, 0.15) is 6.92 Å². The van der Waals surface area contributed by atoms with Gasteiger partial charge < -0.3 is 24.2 Å². The van der Waals surface area contributed by atoms with Gasteiger partial charge in [-0.3, -0.25) is 4.52 Å². The molecular formula is C9H18NO6P. The molecule has 0 rings (SSSR count). The molecule has 0 aromatic heterocycles. The van der Waals surface area contributed by atoms with Crippen LogP contribution in [0.4, 0.5) is 0 Å². The van der Waals surface area contributed by atoms with Gasteiger partial charge in [0.05, 0.1) is 27.1 Å². The summed E-state index contributed by atoms with van der Waals surface area (Å²) in [5, 5.41) is 10.5. The number of phosphoric ester groups is 1. The lowest BCUT2D eigenvalue weighted by atomic mass is 10.2. The van der Waals surface area contributed by atoms with E-state index in [9.17, 15) is 14.5 Å². The number of carbonyl (C=O) groups is 1. The Balaban J connectivity index is 4.93. The number of quaternary nitrogens is 1. The minimum atomic E-state index is -4.66. The highest BCUT2D eigenvalue weighted by Gasteiger charge is 2.25. The molecule has 0 spiro atoms. The largest absolute Gasteiger partial charge is 0.545 e. The summed E-state index contributed by atoms with van der Waals surface area (Å²) in [5.74, 6) is -1.40. The van der Waals surface area contributed by atoms with Crippen LogP contribution in [0.2, 0.25) is 0 Å². The van der Waals surface area contributed by atoms with Crippen molar-refractivity contribution < 1.29 is 33.3 Å². The van der Waals surface area contributed by atoms with Crippen LogP contribution in [0, 0.1) is 0 Å². The van der Waals surface area contributed by atoms with Crippen molar-refractivity contribution in [3.05, 3.63) is 11.6 Å². The second kappa shape index (κ2) is 5.75. The number of carboxylic acid groups (broad SMARTS) is 1. The summed E-state index contributed by atoms with van der Waals surface area (Å²) in [6, 6.07) is 0. The third kappa shape index (κ3) is 9.02. The molecule has 0 bridgehead atoms. The standard InChI is InChI=1S/C9H18NO6P/c1-7(9(11)12)5-8(6-10(2,3)4)16-17(13,14)15/h5,8H,6H2,1-4H3,(H2-,11,12,13,14,15). The minimum absolute atomic E-state index is 0.128. The lowest BCUT2D eigenvalue weighted by Crippen LogP contribution is -2.41. The van der Waals surface area contributed by atoms with E-state index in [0.29, 0.717) is 4.48 Å². The van der Waals surface area contributed by atoms with Crippen LogP contribution in [0.25, 0.3) is 0 Å². The van der Waals surface area contributed by atoms with Crippen molar-refractivity contribution in [2.75, 3.05) is 27.7 Å². The second-order valence-electron chi connectivity index (χ2n) is 4.74. The number of carbonyl (C=O) groups excluding carboxylic acids is 1. The minimum Gasteiger partial charge on any atom is -0.545 e. The highest BCUT2D eigenvalue weighted by molar-refractivity contribution is 7.46. The number of carboxylic acids is 1. The fourth-order valence-electron chi connectivity index (χ4n) is 1.18. The van der Waals surface area contributed by atoms with Gasteiger partial charge in [-0.25, -0.2) is 4.57 Å². The zero-order chi connectivity index (χ0) is 13.9. The molecule has 7 nitrogen and oxygen atoms in total. The average Bonchev–Trinajstić information content (AvgIpc) is 1.96. The smallest absolute Gasteiger partial charge is 0.470 e. The molecule has 0 saturated heterocycles. The Hall–Kier alpha value is -0.720. The fourth-order valence-corrected chi connectivity index (χ4v) is 1.66. The Morgan fingerprint density at radius 2 is 1.94 bits per heavy atom. The van der Waals surface area contributed by atoms with Crippen molar-refractivity contribution in [3.8, 4) is 0 Å². The number of phosphoric acid groups is 1. The highest BCUT2D eigenvalue weighted by Crippen LogP contribution is 2.38. The molecule has 0 aliphatic rings. The first-order valence-corrected chi connectivity index (χ1v) is 6.38. The van der Waals surface area contributed by atoms with Crippen molar-refractivity contribution in [1.82, 2.24) is 0 Å². The van der Waals surface area contributed by atoms with E-state index in [1.54, 1.807) is 21.1 Å². The Morgan fingerprint density at radius 1 is 1.47 bits per heavy atom. The lowest BCUT2D eigenvalue weighted by Gasteiger charge is -2.28. The van der Waals surface area contributed by atoms with Gasteiger partial charge in [-0.2, -0.15) is 0 Å². The van der Waals surface area contributed by atoms with Gasteiger partial charge in [-0.15, -0.1) is 0 Å². The van der Waals surface area contributed by atoms with Crippen LogP contribution in [-0.4, -0.2) is 54.0 Å². The van der Waals surface area contributed by atoms with E-state index >= 15 is 0 Å². The topological polar surface area (TPSA) is 107 Å². The van der Waals surface area contributed by atoms with Gasteiger partial charge >= 0.3 is 7.82 Å². The van der Waals surface area contributed by atoms with E-state index in [1.165, 1.54) is 6.92 Å². The van der Waals surface area contributed by atoms with Crippen molar-refractivity contribution in [3.63, 3.8) is 0 Å². The van der Waals surface area contributed by atoms with Crippen molar-refractivity contribution >= 4 is 13.8 Å². The van der Waals surface area contributed by atoms with E-state index in [1.807, 2.05) is 0 Å². The molecule has 0 fully saturated rings. The molecular weight excluding hydrogens is 249 g/mol. The van der Waals surface area contributed by atoms with Crippen molar-refractivity contribution in [2.24, 2.45) is 0 Å². The molecule has 1 atom stereocenters. The van der Waals surface area contributed by atoms with Crippen molar-refractivity contribution in [1.29, 1.82) is 0 Å². The maximum Gasteiger partial charge on any atom is 0.470 e. The predicted octanol–water partition coefficient (Wildman–Crippen LogP) is -1.13. The second-order valence-corrected chi connectivity index (χ2v) is 5.94. The van der Waals surface area contributed by atoms with E-state index < -0.39 is 19.9 Å².